The van der Waals surface area contributed by atoms with E-state index in [1.807, 2.05) is 18.2 Å². The molecule has 0 aliphatic rings. The average Bonchev–Trinajstić information content (AvgIpc) is 2.46. The number of hydrogen-bond acceptors (Lipinski definition) is 1. The second-order valence-electron chi connectivity index (χ2n) is 4.40. The molecular formula is C17H15N. The SMILES string of the molecule is c1ccc(NCc2ccc3ccccc3c2)cc1. The van der Waals surface area contributed by atoms with Crippen LogP contribution in [0.4, 0.5) is 5.69 Å². The normalized spacial score (nSPS) is 10.4. The third-order valence-corrected chi connectivity index (χ3v) is 3.08. The fraction of sp³-hybridized carbons (Fsp3) is 0.0588. The van der Waals surface area contributed by atoms with Crippen molar-refractivity contribution in [2.24, 2.45) is 0 Å². The largest absolute Gasteiger partial charge is 0.381 e. The molecular weight excluding hydrogens is 218 g/mol. The Morgan fingerprint density at radius 3 is 2.22 bits per heavy atom. The number of nitrogens with one attached hydrogen (secondary N) is 1. The van der Waals surface area contributed by atoms with Gasteiger partial charge in [-0.1, -0.05) is 54.6 Å². The number of hydrogen-bond donors (Lipinski definition) is 1. The highest BCUT2D eigenvalue weighted by Crippen LogP contribution is 2.16. The lowest BCUT2D eigenvalue weighted by molar-refractivity contribution is 1.16. The molecule has 3 aromatic rings. The Hall–Kier alpha value is -2.28. The number of benzene rings is 3. The molecule has 1 heteroatoms. The van der Waals surface area contributed by atoms with E-state index in [2.05, 4.69) is 59.9 Å². The van der Waals surface area contributed by atoms with E-state index < -0.39 is 0 Å². The zero-order valence-corrected chi connectivity index (χ0v) is 10.1. The highest BCUT2D eigenvalue weighted by Gasteiger charge is 1.96. The van der Waals surface area contributed by atoms with Gasteiger partial charge in [-0.2, -0.15) is 0 Å². The van der Waals surface area contributed by atoms with Gasteiger partial charge in [0.05, 0.1) is 0 Å². The standard InChI is InChI=1S/C17H15N/c1-2-8-17(9-3-1)18-13-14-10-11-15-6-4-5-7-16(15)12-14/h1-12,18H,13H2. The molecule has 0 saturated carbocycles. The fourth-order valence-electron chi connectivity index (χ4n) is 2.11. The first kappa shape index (κ1) is 10.8. The van der Waals surface area contributed by atoms with Crippen LogP contribution in [0.1, 0.15) is 5.56 Å². The van der Waals surface area contributed by atoms with Gasteiger partial charge < -0.3 is 5.32 Å². The number of fused-ring (bicyclic) bond motifs is 1. The van der Waals surface area contributed by atoms with Crippen molar-refractivity contribution in [3.63, 3.8) is 0 Å². The molecule has 3 aromatic carbocycles. The Morgan fingerprint density at radius 2 is 1.39 bits per heavy atom. The minimum absolute atomic E-state index is 0.856. The zero-order chi connectivity index (χ0) is 12.2. The summed E-state index contributed by atoms with van der Waals surface area (Å²) < 4.78 is 0. The lowest BCUT2D eigenvalue weighted by Gasteiger charge is -2.07. The van der Waals surface area contributed by atoms with Crippen LogP contribution in [0, 0.1) is 0 Å². The van der Waals surface area contributed by atoms with Crippen LogP contribution in [0.15, 0.2) is 72.8 Å². The van der Waals surface area contributed by atoms with Crippen molar-refractivity contribution in [3.8, 4) is 0 Å². The van der Waals surface area contributed by atoms with E-state index in [4.69, 9.17) is 0 Å². The highest BCUT2D eigenvalue weighted by atomic mass is 14.9. The molecule has 0 heterocycles. The third kappa shape index (κ3) is 2.35. The van der Waals surface area contributed by atoms with Gasteiger partial charge in [0, 0.05) is 12.2 Å². The van der Waals surface area contributed by atoms with E-state index >= 15 is 0 Å². The third-order valence-electron chi connectivity index (χ3n) is 3.08. The van der Waals surface area contributed by atoms with Gasteiger partial charge in [0.1, 0.15) is 0 Å². The first-order chi connectivity index (χ1) is 8.92. The summed E-state index contributed by atoms with van der Waals surface area (Å²) in [7, 11) is 0. The molecule has 0 bridgehead atoms. The molecule has 0 aliphatic carbocycles. The van der Waals surface area contributed by atoms with E-state index in [-0.39, 0.29) is 0 Å². The van der Waals surface area contributed by atoms with Gasteiger partial charge in [-0.15, -0.1) is 0 Å². The molecule has 3 rings (SSSR count). The maximum absolute atomic E-state index is 3.43. The zero-order valence-electron chi connectivity index (χ0n) is 10.1. The average molecular weight is 233 g/mol. The minimum Gasteiger partial charge on any atom is -0.381 e. The molecule has 0 atom stereocenters. The van der Waals surface area contributed by atoms with Crippen LogP contribution >= 0.6 is 0 Å². The molecule has 0 unspecified atom stereocenters. The van der Waals surface area contributed by atoms with Crippen molar-refractivity contribution >= 4 is 16.5 Å². The highest BCUT2D eigenvalue weighted by molar-refractivity contribution is 5.83. The van der Waals surface area contributed by atoms with Crippen LogP contribution in [0.3, 0.4) is 0 Å². The Labute approximate surface area is 107 Å². The van der Waals surface area contributed by atoms with Crippen LogP contribution in [0.2, 0.25) is 0 Å². The van der Waals surface area contributed by atoms with E-state index in [0.717, 1.165) is 12.2 Å². The first-order valence-corrected chi connectivity index (χ1v) is 6.18. The van der Waals surface area contributed by atoms with Gasteiger partial charge in [0.2, 0.25) is 0 Å². The Balaban J connectivity index is 1.79. The smallest absolute Gasteiger partial charge is 0.0401 e. The minimum atomic E-state index is 0.856. The summed E-state index contributed by atoms with van der Waals surface area (Å²) >= 11 is 0. The maximum Gasteiger partial charge on any atom is 0.0401 e. The predicted octanol–water partition coefficient (Wildman–Crippen LogP) is 4.45. The molecule has 88 valence electrons. The maximum atomic E-state index is 3.43. The lowest BCUT2D eigenvalue weighted by atomic mass is 10.1. The summed E-state index contributed by atoms with van der Waals surface area (Å²) in [5.74, 6) is 0. The quantitative estimate of drug-likeness (QED) is 0.704. The van der Waals surface area contributed by atoms with Gasteiger partial charge in [0.15, 0.2) is 0 Å². The molecule has 18 heavy (non-hydrogen) atoms. The summed E-state index contributed by atoms with van der Waals surface area (Å²) in [6.07, 6.45) is 0. The van der Waals surface area contributed by atoms with Crippen LogP contribution < -0.4 is 5.32 Å². The Kier molecular flexibility index (Phi) is 2.97. The van der Waals surface area contributed by atoms with Gasteiger partial charge in [-0.3, -0.25) is 0 Å². The molecule has 0 radical (unpaired) electrons. The van der Waals surface area contributed by atoms with Crippen LogP contribution in [-0.4, -0.2) is 0 Å². The van der Waals surface area contributed by atoms with Gasteiger partial charge >= 0.3 is 0 Å². The molecule has 1 nitrogen and oxygen atoms in total. The van der Waals surface area contributed by atoms with Gasteiger partial charge in [-0.25, -0.2) is 0 Å². The van der Waals surface area contributed by atoms with Crippen molar-refractivity contribution in [1.82, 2.24) is 0 Å². The molecule has 0 aromatic heterocycles. The molecule has 0 amide bonds. The molecule has 0 fully saturated rings. The topological polar surface area (TPSA) is 12.0 Å². The van der Waals surface area contributed by atoms with Crippen LogP contribution in [0.25, 0.3) is 10.8 Å². The summed E-state index contributed by atoms with van der Waals surface area (Å²) in [6, 6.07) is 25.3. The van der Waals surface area contributed by atoms with Gasteiger partial charge in [-0.05, 0) is 34.5 Å². The van der Waals surface area contributed by atoms with Crippen molar-refractivity contribution in [2.45, 2.75) is 6.54 Å². The molecule has 0 aliphatic heterocycles. The Morgan fingerprint density at radius 1 is 0.667 bits per heavy atom. The monoisotopic (exact) mass is 233 g/mol. The van der Waals surface area contributed by atoms with Crippen molar-refractivity contribution in [3.05, 3.63) is 78.4 Å². The number of anilines is 1. The lowest BCUT2D eigenvalue weighted by Crippen LogP contribution is -1.98. The second kappa shape index (κ2) is 4.92. The van der Waals surface area contributed by atoms with Gasteiger partial charge in [0.25, 0.3) is 0 Å². The molecule has 0 spiro atoms. The van der Waals surface area contributed by atoms with Crippen molar-refractivity contribution in [1.29, 1.82) is 0 Å². The van der Waals surface area contributed by atoms with Crippen molar-refractivity contribution in [2.75, 3.05) is 5.32 Å². The van der Waals surface area contributed by atoms with Crippen molar-refractivity contribution < 1.29 is 0 Å². The van der Waals surface area contributed by atoms with E-state index in [0.29, 0.717) is 0 Å². The second-order valence-corrected chi connectivity index (χ2v) is 4.40. The summed E-state index contributed by atoms with van der Waals surface area (Å²) in [6.45, 7) is 0.856. The molecule has 0 saturated heterocycles. The fourth-order valence-corrected chi connectivity index (χ4v) is 2.11. The molecule has 1 N–H and O–H groups in total. The van der Waals surface area contributed by atoms with E-state index in [1.165, 1.54) is 16.3 Å². The van der Waals surface area contributed by atoms with Crippen LogP contribution in [0.5, 0.6) is 0 Å². The summed E-state index contributed by atoms with van der Waals surface area (Å²) in [5, 5.41) is 6.01. The number of rotatable bonds is 3. The predicted molar refractivity (Wildman–Crippen MR) is 77.7 cm³/mol. The number of para-hydroxylation sites is 1. The van der Waals surface area contributed by atoms with E-state index in [1.54, 1.807) is 0 Å². The van der Waals surface area contributed by atoms with E-state index in [9.17, 15) is 0 Å². The Bertz CT molecular complexity index is 644. The summed E-state index contributed by atoms with van der Waals surface area (Å²) in [4.78, 5) is 0. The first-order valence-electron chi connectivity index (χ1n) is 6.18. The van der Waals surface area contributed by atoms with Crippen LogP contribution in [-0.2, 0) is 6.54 Å². The summed E-state index contributed by atoms with van der Waals surface area (Å²) in [5.41, 5.74) is 2.46.